The molecule has 25 heavy (non-hydrogen) atoms. The lowest BCUT2D eigenvalue weighted by molar-refractivity contribution is 0.150. The zero-order valence-electron chi connectivity index (χ0n) is 14.3. The summed E-state index contributed by atoms with van der Waals surface area (Å²) >= 11 is 0. The molecule has 1 aliphatic heterocycles. The van der Waals surface area contributed by atoms with Gasteiger partial charge in [0.2, 0.25) is 10.0 Å². The molecule has 4 nitrogen and oxygen atoms in total. The van der Waals surface area contributed by atoms with Crippen molar-refractivity contribution >= 4 is 20.8 Å². The molecule has 1 saturated heterocycles. The maximum absolute atomic E-state index is 13.0. The van der Waals surface area contributed by atoms with Crippen molar-refractivity contribution < 1.29 is 8.42 Å². The molecule has 0 saturated carbocycles. The number of allylic oxidation sites excluding steroid dienone is 1. The number of hydrogen-bond donors (Lipinski definition) is 0. The van der Waals surface area contributed by atoms with Gasteiger partial charge in [-0.15, -0.1) is 0 Å². The van der Waals surface area contributed by atoms with Gasteiger partial charge in [-0.05, 0) is 42.2 Å². The van der Waals surface area contributed by atoms with E-state index in [0.717, 1.165) is 23.9 Å². The average molecular weight is 356 g/mol. The normalized spacial score (nSPS) is 23.1. The summed E-state index contributed by atoms with van der Waals surface area (Å²) in [6, 6.07) is 13.8. The van der Waals surface area contributed by atoms with E-state index in [1.807, 2.05) is 30.3 Å². The first-order chi connectivity index (χ1) is 12.1. The molecule has 2 aromatic rings. The third-order valence-electron chi connectivity index (χ3n) is 5.33. The van der Waals surface area contributed by atoms with E-state index in [4.69, 9.17) is 0 Å². The molecule has 4 rings (SSSR count). The number of benzene rings is 2. The average Bonchev–Trinajstić information content (AvgIpc) is 2.68. The summed E-state index contributed by atoms with van der Waals surface area (Å²) in [4.78, 5) is 2.82. The summed E-state index contributed by atoms with van der Waals surface area (Å²) in [5, 5.41) is 2.03. The monoisotopic (exact) mass is 356 g/mol. The molecule has 0 N–H and O–H groups in total. The summed E-state index contributed by atoms with van der Waals surface area (Å²) in [5.41, 5.74) is 0. The summed E-state index contributed by atoms with van der Waals surface area (Å²) in [6.45, 7) is 2.75. The molecular weight excluding hydrogens is 332 g/mol. The van der Waals surface area contributed by atoms with E-state index in [2.05, 4.69) is 17.1 Å². The largest absolute Gasteiger partial charge is 0.294 e. The number of sulfonamides is 1. The smallest absolute Gasteiger partial charge is 0.243 e. The third-order valence-corrected chi connectivity index (χ3v) is 7.22. The molecule has 1 unspecified atom stereocenters. The Balaban J connectivity index is 1.50. The highest BCUT2D eigenvalue weighted by Crippen LogP contribution is 2.24. The molecule has 1 fully saturated rings. The predicted molar refractivity (Wildman–Crippen MR) is 101 cm³/mol. The SMILES string of the molecule is O=S(=O)(c1ccc2ccccc2c1)N1CCN(C2C=CCCC2)CC1. The Morgan fingerprint density at radius 2 is 1.68 bits per heavy atom. The van der Waals surface area contributed by atoms with Crippen LogP contribution in [0.25, 0.3) is 10.8 Å². The zero-order chi connectivity index (χ0) is 17.3. The Bertz CT molecular complexity index is 883. The highest BCUT2D eigenvalue weighted by Gasteiger charge is 2.30. The van der Waals surface area contributed by atoms with Crippen molar-refractivity contribution in [2.75, 3.05) is 26.2 Å². The minimum absolute atomic E-state index is 0.400. The molecule has 0 aromatic heterocycles. The van der Waals surface area contributed by atoms with E-state index in [-0.39, 0.29) is 0 Å². The molecular formula is C20H24N2O2S. The molecule has 1 heterocycles. The van der Waals surface area contributed by atoms with Gasteiger partial charge >= 0.3 is 0 Å². The van der Waals surface area contributed by atoms with Crippen LogP contribution >= 0.6 is 0 Å². The Kier molecular flexibility index (Phi) is 4.63. The molecule has 132 valence electrons. The fourth-order valence-corrected chi connectivity index (χ4v) is 5.31. The maximum Gasteiger partial charge on any atom is 0.243 e. The second-order valence-electron chi connectivity index (χ2n) is 6.88. The van der Waals surface area contributed by atoms with Crippen LogP contribution in [0.3, 0.4) is 0 Å². The lowest BCUT2D eigenvalue weighted by Gasteiger charge is -2.38. The fourth-order valence-electron chi connectivity index (χ4n) is 3.85. The van der Waals surface area contributed by atoms with Gasteiger partial charge in [0.25, 0.3) is 0 Å². The van der Waals surface area contributed by atoms with E-state index in [9.17, 15) is 8.42 Å². The van der Waals surface area contributed by atoms with Crippen LogP contribution in [-0.4, -0.2) is 49.8 Å². The lowest BCUT2D eigenvalue weighted by atomic mass is 10.0. The molecule has 1 aliphatic carbocycles. The van der Waals surface area contributed by atoms with Crippen LogP contribution in [-0.2, 0) is 10.0 Å². The van der Waals surface area contributed by atoms with E-state index in [0.29, 0.717) is 24.0 Å². The Morgan fingerprint density at radius 1 is 0.920 bits per heavy atom. The highest BCUT2D eigenvalue weighted by molar-refractivity contribution is 7.89. The molecule has 2 aromatic carbocycles. The van der Waals surface area contributed by atoms with Crippen LogP contribution in [0.1, 0.15) is 19.3 Å². The molecule has 0 amide bonds. The summed E-state index contributed by atoms with van der Waals surface area (Å²) < 4.78 is 27.7. The van der Waals surface area contributed by atoms with Gasteiger partial charge in [-0.2, -0.15) is 4.31 Å². The minimum Gasteiger partial charge on any atom is -0.294 e. The molecule has 2 aliphatic rings. The number of rotatable bonds is 3. The summed E-state index contributed by atoms with van der Waals surface area (Å²) in [6.07, 6.45) is 8.14. The molecule has 0 spiro atoms. The van der Waals surface area contributed by atoms with Crippen molar-refractivity contribution in [2.24, 2.45) is 0 Å². The highest BCUT2D eigenvalue weighted by atomic mass is 32.2. The van der Waals surface area contributed by atoms with Gasteiger partial charge < -0.3 is 0 Å². The first-order valence-electron chi connectivity index (χ1n) is 9.04. The minimum atomic E-state index is -3.42. The lowest BCUT2D eigenvalue weighted by Crippen LogP contribution is -2.51. The van der Waals surface area contributed by atoms with Crippen molar-refractivity contribution in [1.82, 2.24) is 9.21 Å². The van der Waals surface area contributed by atoms with Crippen molar-refractivity contribution in [1.29, 1.82) is 0 Å². The summed E-state index contributed by atoms with van der Waals surface area (Å²) in [5.74, 6) is 0. The van der Waals surface area contributed by atoms with Gasteiger partial charge in [0.1, 0.15) is 0 Å². The van der Waals surface area contributed by atoms with Crippen LogP contribution in [0.5, 0.6) is 0 Å². The molecule has 5 heteroatoms. The zero-order valence-corrected chi connectivity index (χ0v) is 15.2. The second kappa shape index (κ2) is 6.90. The third kappa shape index (κ3) is 3.36. The van der Waals surface area contributed by atoms with Gasteiger partial charge in [-0.3, -0.25) is 4.90 Å². The van der Waals surface area contributed by atoms with Crippen molar-refractivity contribution in [3.05, 3.63) is 54.6 Å². The fraction of sp³-hybridized carbons (Fsp3) is 0.400. The van der Waals surface area contributed by atoms with Crippen LogP contribution in [0.4, 0.5) is 0 Å². The molecule has 0 radical (unpaired) electrons. The van der Waals surface area contributed by atoms with E-state index < -0.39 is 10.0 Å². The van der Waals surface area contributed by atoms with Crippen LogP contribution < -0.4 is 0 Å². The number of piperazine rings is 1. The van der Waals surface area contributed by atoms with Crippen LogP contribution in [0, 0.1) is 0 Å². The van der Waals surface area contributed by atoms with E-state index in [1.165, 1.54) is 19.3 Å². The number of fused-ring (bicyclic) bond motifs is 1. The first-order valence-corrected chi connectivity index (χ1v) is 10.5. The first kappa shape index (κ1) is 16.8. The summed E-state index contributed by atoms with van der Waals surface area (Å²) in [7, 11) is -3.42. The molecule has 1 atom stereocenters. The van der Waals surface area contributed by atoms with Gasteiger partial charge in [-0.1, -0.05) is 42.5 Å². The number of nitrogens with zero attached hydrogens (tertiary/aromatic N) is 2. The van der Waals surface area contributed by atoms with Crippen LogP contribution in [0.15, 0.2) is 59.5 Å². The Morgan fingerprint density at radius 3 is 2.40 bits per heavy atom. The maximum atomic E-state index is 13.0. The Hall–Kier alpha value is -1.69. The quantitative estimate of drug-likeness (QED) is 0.793. The van der Waals surface area contributed by atoms with Crippen LogP contribution in [0.2, 0.25) is 0 Å². The van der Waals surface area contributed by atoms with E-state index >= 15 is 0 Å². The topological polar surface area (TPSA) is 40.6 Å². The molecule has 0 bridgehead atoms. The standard InChI is InChI=1S/C20H24N2O2S/c23-25(24,20-11-10-17-6-4-5-7-18(17)16-20)22-14-12-21(13-15-22)19-8-2-1-3-9-19/h2,4-8,10-11,16,19H,1,3,9,12-15H2. The van der Waals surface area contributed by atoms with Gasteiger partial charge in [-0.25, -0.2) is 8.42 Å². The predicted octanol–water partition coefficient (Wildman–Crippen LogP) is 3.25. The van der Waals surface area contributed by atoms with Crippen molar-refractivity contribution in [3.8, 4) is 0 Å². The van der Waals surface area contributed by atoms with E-state index in [1.54, 1.807) is 16.4 Å². The van der Waals surface area contributed by atoms with Gasteiger partial charge in [0.15, 0.2) is 0 Å². The van der Waals surface area contributed by atoms with Crippen molar-refractivity contribution in [3.63, 3.8) is 0 Å². The van der Waals surface area contributed by atoms with Gasteiger partial charge in [0, 0.05) is 32.2 Å². The second-order valence-corrected chi connectivity index (χ2v) is 8.81. The van der Waals surface area contributed by atoms with Crippen molar-refractivity contribution in [2.45, 2.75) is 30.2 Å². The Labute approximate surface area is 149 Å². The number of hydrogen-bond acceptors (Lipinski definition) is 3. The van der Waals surface area contributed by atoms with Gasteiger partial charge in [0.05, 0.1) is 4.90 Å².